The molecule has 1 aliphatic rings. The minimum Gasteiger partial charge on any atom is -0.496 e. The molecule has 1 heterocycles. The van der Waals surface area contributed by atoms with E-state index >= 15 is 0 Å². The van der Waals surface area contributed by atoms with Gasteiger partial charge in [-0.3, -0.25) is 4.79 Å². The average Bonchev–Trinajstić information content (AvgIpc) is 2.89. The van der Waals surface area contributed by atoms with E-state index in [0.29, 0.717) is 23.1 Å². The molecule has 2 aromatic rings. The predicted octanol–water partition coefficient (Wildman–Crippen LogP) is 5.02. The Labute approximate surface area is 155 Å². The zero-order valence-electron chi connectivity index (χ0n) is 16.0. The summed E-state index contributed by atoms with van der Waals surface area (Å²) >= 11 is 0. The maximum Gasteiger partial charge on any atom is 0.256 e. The third-order valence-electron chi connectivity index (χ3n) is 4.75. The summed E-state index contributed by atoms with van der Waals surface area (Å²) in [6.45, 7) is 8.60. The van der Waals surface area contributed by atoms with Crippen molar-refractivity contribution in [1.29, 1.82) is 0 Å². The summed E-state index contributed by atoms with van der Waals surface area (Å²) in [6, 6.07) is 9.70. The third-order valence-corrected chi connectivity index (χ3v) is 4.75. The number of hydrogen-bond acceptors (Lipinski definition) is 3. The predicted molar refractivity (Wildman–Crippen MR) is 109 cm³/mol. The van der Waals surface area contributed by atoms with Crippen LogP contribution in [0.15, 0.2) is 30.3 Å². The largest absolute Gasteiger partial charge is 0.496 e. The first-order valence-electron chi connectivity index (χ1n) is 8.96. The van der Waals surface area contributed by atoms with Gasteiger partial charge in [0.05, 0.1) is 7.11 Å². The van der Waals surface area contributed by atoms with Crippen LogP contribution in [0.25, 0.3) is 11.6 Å². The second-order valence-corrected chi connectivity index (χ2v) is 7.36. The number of nitrogens with one attached hydrogen (secondary N) is 1. The molecule has 0 fully saturated rings. The van der Waals surface area contributed by atoms with E-state index in [9.17, 15) is 4.79 Å². The molecule has 1 amide bonds. The van der Waals surface area contributed by atoms with Gasteiger partial charge in [0.2, 0.25) is 0 Å². The zero-order valence-corrected chi connectivity index (χ0v) is 16.0. The molecule has 0 bridgehead atoms. The number of methoxy groups -OCH3 is 1. The summed E-state index contributed by atoms with van der Waals surface area (Å²) in [5.41, 5.74) is 12.2. The molecule has 4 heteroatoms. The highest BCUT2D eigenvalue weighted by atomic mass is 16.5. The Morgan fingerprint density at radius 2 is 1.65 bits per heavy atom. The maximum atomic E-state index is 12.5. The van der Waals surface area contributed by atoms with Crippen molar-refractivity contribution in [1.82, 2.24) is 0 Å². The van der Waals surface area contributed by atoms with Crippen LogP contribution < -0.4 is 15.8 Å². The van der Waals surface area contributed by atoms with Gasteiger partial charge in [-0.1, -0.05) is 27.7 Å². The molecule has 0 saturated carbocycles. The average molecular weight is 350 g/mol. The molecule has 3 N–H and O–H groups in total. The van der Waals surface area contributed by atoms with Gasteiger partial charge in [-0.05, 0) is 64.9 Å². The fraction of sp³-hybridized carbons (Fsp3) is 0.318. The van der Waals surface area contributed by atoms with Gasteiger partial charge in [0, 0.05) is 22.5 Å². The minimum absolute atomic E-state index is 0.0985. The van der Waals surface area contributed by atoms with Crippen LogP contribution in [0.1, 0.15) is 61.8 Å². The molecule has 0 aliphatic carbocycles. The number of carbonyl (C=O) groups excluding carboxylic acids is 1. The van der Waals surface area contributed by atoms with E-state index in [1.807, 2.05) is 18.2 Å². The topological polar surface area (TPSA) is 64.3 Å². The van der Waals surface area contributed by atoms with Gasteiger partial charge in [0.15, 0.2) is 0 Å². The van der Waals surface area contributed by atoms with E-state index in [0.717, 1.165) is 33.7 Å². The maximum absolute atomic E-state index is 12.5. The van der Waals surface area contributed by atoms with Crippen molar-refractivity contribution in [3.8, 4) is 5.75 Å². The quantitative estimate of drug-likeness (QED) is 0.601. The number of rotatable bonds is 4. The molecule has 3 rings (SSSR count). The van der Waals surface area contributed by atoms with Gasteiger partial charge in [-0.2, -0.15) is 0 Å². The number of hydrogen-bond donors (Lipinski definition) is 2. The number of fused-ring (bicyclic) bond motifs is 1. The van der Waals surface area contributed by atoms with Crippen LogP contribution in [0.5, 0.6) is 5.75 Å². The third kappa shape index (κ3) is 3.19. The SMILES string of the molecule is COc1c(C(C)C)cc(/C=C2\C(=O)Nc3ccc(N)cc32)cc1C(C)C. The Morgan fingerprint density at radius 3 is 2.19 bits per heavy atom. The van der Waals surface area contributed by atoms with Gasteiger partial charge in [0.1, 0.15) is 5.75 Å². The Balaban J connectivity index is 2.18. The molecule has 1 aliphatic heterocycles. The molecular formula is C22H26N2O2. The number of benzene rings is 2. The number of anilines is 2. The normalized spacial score (nSPS) is 14.9. The Morgan fingerprint density at radius 1 is 1.04 bits per heavy atom. The summed E-state index contributed by atoms with van der Waals surface area (Å²) in [5, 5.41) is 2.90. The zero-order chi connectivity index (χ0) is 19.0. The first kappa shape index (κ1) is 18.1. The van der Waals surface area contributed by atoms with Crippen LogP contribution in [-0.4, -0.2) is 13.0 Å². The summed E-state index contributed by atoms with van der Waals surface area (Å²) in [7, 11) is 1.72. The first-order valence-corrected chi connectivity index (χ1v) is 8.96. The van der Waals surface area contributed by atoms with Crippen molar-refractivity contribution in [2.45, 2.75) is 39.5 Å². The standard InChI is InChI=1S/C22H26N2O2/c1-12(2)16-8-14(9-17(13(3)4)21(16)26-5)10-19-18-11-15(23)6-7-20(18)24-22(19)25/h6-13H,23H2,1-5H3,(H,24,25)/b19-10-. The summed E-state index contributed by atoms with van der Waals surface area (Å²) in [6.07, 6.45) is 1.94. The molecular weight excluding hydrogens is 324 g/mol. The van der Waals surface area contributed by atoms with Crippen LogP contribution in [0.2, 0.25) is 0 Å². The second kappa shape index (κ2) is 6.87. The fourth-order valence-electron chi connectivity index (χ4n) is 3.39. The molecule has 0 spiro atoms. The highest BCUT2D eigenvalue weighted by Crippen LogP contribution is 2.38. The molecule has 0 atom stereocenters. The Bertz CT molecular complexity index is 866. The Hall–Kier alpha value is -2.75. The lowest BCUT2D eigenvalue weighted by Crippen LogP contribution is -2.04. The molecule has 26 heavy (non-hydrogen) atoms. The number of ether oxygens (including phenoxy) is 1. The van der Waals surface area contributed by atoms with Crippen molar-refractivity contribution in [2.24, 2.45) is 0 Å². The molecule has 0 saturated heterocycles. The smallest absolute Gasteiger partial charge is 0.256 e. The van der Waals surface area contributed by atoms with E-state index in [1.165, 1.54) is 0 Å². The number of carbonyl (C=O) groups is 1. The number of nitrogens with two attached hydrogens (primary N) is 1. The summed E-state index contributed by atoms with van der Waals surface area (Å²) in [5.74, 6) is 1.48. The molecule has 2 aromatic carbocycles. The van der Waals surface area contributed by atoms with E-state index in [2.05, 4.69) is 45.1 Å². The van der Waals surface area contributed by atoms with Crippen molar-refractivity contribution < 1.29 is 9.53 Å². The Kier molecular flexibility index (Phi) is 4.77. The van der Waals surface area contributed by atoms with E-state index in [1.54, 1.807) is 13.2 Å². The fourth-order valence-corrected chi connectivity index (χ4v) is 3.39. The van der Waals surface area contributed by atoms with Crippen molar-refractivity contribution in [3.63, 3.8) is 0 Å². The highest BCUT2D eigenvalue weighted by Gasteiger charge is 2.25. The molecule has 0 aromatic heterocycles. The van der Waals surface area contributed by atoms with E-state index < -0.39 is 0 Å². The van der Waals surface area contributed by atoms with Gasteiger partial charge in [0.25, 0.3) is 5.91 Å². The minimum atomic E-state index is -0.0985. The molecule has 4 nitrogen and oxygen atoms in total. The van der Waals surface area contributed by atoms with Crippen LogP contribution in [0.4, 0.5) is 11.4 Å². The first-order chi connectivity index (χ1) is 12.3. The highest BCUT2D eigenvalue weighted by molar-refractivity contribution is 6.35. The lowest BCUT2D eigenvalue weighted by atomic mass is 9.90. The van der Waals surface area contributed by atoms with Crippen LogP contribution >= 0.6 is 0 Å². The van der Waals surface area contributed by atoms with Crippen molar-refractivity contribution in [2.75, 3.05) is 18.2 Å². The summed E-state index contributed by atoms with van der Waals surface area (Å²) in [4.78, 5) is 12.5. The van der Waals surface area contributed by atoms with E-state index in [-0.39, 0.29) is 5.91 Å². The number of nitrogen functional groups attached to an aromatic ring is 1. The monoisotopic (exact) mass is 350 g/mol. The van der Waals surface area contributed by atoms with Crippen LogP contribution in [0.3, 0.4) is 0 Å². The molecule has 136 valence electrons. The van der Waals surface area contributed by atoms with Crippen LogP contribution in [-0.2, 0) is 4.79 Å². The van der Waals surface area contributed by atoms with Crippen LogP contribution in [0, 0.1) is 0 Å². The van der Waals surface area contributed by atoms with Gasteiger partial charge in [-0.25, -0.2) is 0 Å². The lowest BCUT2D eigenvalue weighted by Gasteiger charge is -2.19. The van der Waals surface area contributed by atoms with Crippen molar-refractivity contribution in [3.05, 3.63) is 52.6 Å². The van der Waals surface area contributed by atoms with E-state index in [4.69, 9.17) is 10.5 Å². The van der Waals surface area contributed by atoms with Gasteiger partial charge < -0.3 is 15.8 Å². The molecule has 0 unspecified atom stereocenters. The van der Waals surface area contributed by atoms with Gasteiger partial charge in [-0.15, -0.1) is 0 Å². The summed E-state index contributed by atoms with van der Waals surface area (Å²) < 4.78 is 5.70. The second-order valence-electron chi connectivity index (χ2n) is 7.36. The number of amides is 1. The molecule has 0 radical (unpaired) electrons. The lowest BCUT2D eigenvalue weighted by molar-refractivity contribution is -0.110. The van der Waals surface area contributed by atoms with Gasteiger partial charge >= 0.3 is 0 Å². The van der Waals surface area contributed by atoms with Crippen molar-refractivity contribution >= 4 is 28.9 Å².